The summed E-state index contributed by atoms with van der Waals surface area (Å²) in [5.74, 6) is 1.11. The number of rotatable bonds is 6. The van der Waals surface area contributed by atoms with E-state index in [0.29, 0.717) is 29.8 Å². The third kappa shape index (κ3) is 4.06. The van der Waals surface area contributed by atoms with Crippen LogP contribution in [0, 0.1) is 6.92 Å². The maximum absolute atomic E-state index is 12.4. The van der Waals surface area contributed by atoms with Crippen molar-refractivity contribution < 1.29 is 22.7 Å². The molecule has 1 aliphatic rings. The van der Waals surface area contributed by atoms with E-state index in [1.807, 2.05) is 18.2 Å². The zero-order valence-corrected chi connectivity index (χ0v) is 16.3. The van der Waals surface area contributed by atoms with Crippen LogP contribution in [-0.4, -0.2) is 46.1 Å². The molecule has 0 atom stereocenters. The summed E-state index contributed by atoms with van der Waals surface area (Å²) in [6, 6.07) is 10.3. The van der Waals surface area contributed by atoms with Gasteiger partial charge in [0.15, 0.2) is 11.5 Å². The molecule has 0 unspecified atom stereocenters. The fraction of sp³-hybridized carbons (Fsp3) is 0.316. The maximum Gasteiger partial charge on any atom is 0.251 e. The summed E-state index contributed by atoms with van der Waals surface area (Å²) in [5, 5.41) is 2.82. The second-order valence-electron chi connectivity index (χ2n) is 6.46. The molecule has 0 aliphatic carbocycles. The van der Waals surface area contributed by atoms with Crippen LogP contribution in [0.15, 0.2) is 41.3 Å². The van der Waals surface area contributed by atoms with Gasteiger partial charge >= 0.3 is 0 Å². The van der Waals surface area contributed by atoms with Crippen molar-refractivity contribution in [2.24, 2.45) is 0 Å². The molecule has 0 saturated heterocycles. The van der Waals surface area contributed by atoms with Crippen molar-refractivity contribution in [2.75, 3.05) is 27.4 Å². The molecule has 27 heavy (non-hydrogen) atoms. The first-order valence-electron chi connectivity index (χ1n) is 8.49. The predicted octanol–water partition coefficient (Wildman–Crippen LogP) is 1.95. The maximum atomic E-state index is 12.4. The van der Waals surface area contributed by atoms with Crippen LogP contribution in [0.2, 0.25) is 0 Å². The van der Waals surface area contributed by atoms with E-state index in [-0.39, 0.29) is 17.6 Å². The van der Waals surface area contributed by atoms with E-state index in [9.17, 15) is 13.2 Å². The summed E-state index contributed by atoms with van der Waals surface area (Å²) in [7, 11) is -0.675. The van der Waals surface area contributed by atoms with Crippen molar-refractivity contribution in [3.8, 4) is 11.5 Å². The molecule has 3 rings (SSSR count). The monoisotopic (exact) mass is 390 g/mol. The van der Waals surface area contributed by atoms with Crippen LogP contribution >= 0.6 is 0 Å². The van der Waals surface area contributed by atoms with Gasteiger partial charge in [-0.25, -0.2) is 12.7 Å². The van der Waals surface area contributed by atoms with Crippen LogP contribution in [0.1, 0.15) is 21.5 Å². The first kappa shape index (κ1) is 19.2. The largest absolute Gasteiger partial charge is 0.454 e. The first-order chi connectivity index (χ1) is 12.8. The number of sulfonamides is 1. The van der Waals surface area contributed by atoms with E-state index < -0.39 is 10.0 Å². The van der Waals surface area contributed by atoms with Gasteiger partial charge in [-0.1, -0.05) is 12.1 Å². The van der Waals surface area contributed by atoms with Crippen LogP contribution in [0.25, 0.3) is 0 Å². The first-order valence-corrected chi connectivity index (χ1v) is 9.93. The normalized spacial score (nSPS) is 13.0. The van der Waals surface area contributed by atoms with Gasteiger partial charge in [0.2, 0.25) is 16.8 Å². The number of fused-ring (bicyclic) bond motifs is 1. The summed E-state index contributed by atoms with van der Waals surface area (Å²) in [6.07, 6.45) is 0.622. The molecule has 0 bridgehead atoms. The summed E-state index contributed by atoms with van der Waals surface area (Å²) in [5.41, 5.74) is 1.92. The molecular weight excluding hydrogens is 368 g/mol. The van der Waals surface area contributed by atoms with Crippen LogP contribution in [0.5, 0.6) is 11.5 Å². The third-order valence-electron chi connectivity index (χ3n) is 4.35. The molecule has 1 aliphatic heterocycles. The van der Waals surface area contributed by atoms with Gasteiger partial charge in [-0.05, 0) is 48.7 Å². The van der Waals surface area contributed by atoms with Crippen molar-refractivity contribution in [1.29, 1.82) is 0 Å². The van der Waals surface area contributed by atoms with Crippen molar-refractivity contribution in [1.82, 2.24) is 9.62 Å². The minimum absolute atomic E-state index is 0.135. The van der Waals surface area contributed by atoms with Crippen molar-refractivity contribution in [3.05, 3.63) is 53.1 Å². The molecule has 0 radical (unpaired) electrons. The highest BCUT2D eigenvalue weighted by atomic mass is 32.2. The molecule has 0 fully saturated rings. The van der Waals surface area contributed by atoms with Crippen molar-refractivity contribution in [2.45, 2.75) is 18.2 Å². The molecule has 2 aromatic carbocycles. The molecule has 7 nitrogen and oxygen atoms in total. The molecule has 1 N–H and O–H groups in total. The average Bonchev–Trinajstić information content (AvgIpc) is 3.09. The Labute approximate surface area is 158 Å². The minimum atomic E-state index is -3.61. The van der Waals surface area contributed by atoms with Gasteiger partial charge in [0.25, 0.3) is 5.91 Å². The van der Waals surface area contributed by atoms with Gasteiger partial charge in [-0.15, -0.1) is 0 Å². The molecule has 1 amide bonds. The highest BCUT2D eigenvalue weighted by Crippen LogP contribution is 2.32. The van der Waals surface area contributed by atoms with Crippen molar-refractivity contribution >= 4 is 15.9 Å². The van der Waals surface area contributed by atoms with Gasteiger partial charge in [0, 0.05) is 26.2 Å². The Bertz CT molecular complexity index is 970. The van der Waals surface area contributed by atoms with E-state index in [2.05, 4.69) is 5.32 Å². The SMILES string of the molecule is Cc1ccc(C(=O)NCCc2ccc3c(c2)OCO3)cc1S(=O)(=O)N(C)C. The van der Waals surface area contributed by atoms with Gasteiger partial charge in [-0.3, -0.25) is 4.79 Å². The van der Waals surface area contributed by atoms with E-state index >= 15 is 0 Å². The Morgan fingerprint density at radius 1 is 1.11 bits per heavy atom. The highest BCUT2D eigenvalue weighted by molar-refractivity contribution is 7.89. The minimum Gasteiger partial charge on any atom is -0.454 e. The lowest BCUT2D eigenvalue weighted by Crippen LogP contribution is -2.27. The summed E-state index contributed by atoms with van der Waals surface area (Å²) >= 11 is 0. The smallest absolute Gasteiger partial charge is 0.251 e. The molecule has 2 aromatic rings. The number of hydrogen-bond acceptors (Lipinski definition) is 5. The number of benzene rings is 2. The van der Waals surface area contributed by atoms with E-state index in [1.54, 1.807) is 19.1 Å². The number of amides is 1. The molecular formula is C19H22N2O5S. The Hall–Kier alpha value is -2.58. The van der Waals surface area contributed by atoms with Gasteiger partial charge in [0.05, 0.1) is 4.90 Å². The highest BCUT2D eigenvalue weighted by Gasteiger charge is 2.21. The average molecular weight is 390 g/mol. The Morgan fingerprint density at radius 3 is 2.59 bits per heavy atom. The number of aryl methyl sites for hydroxylation is 1. The van der Waals surface area contributed by atoms with Crippen LogP contribution in [-0.2, 0) is 16.4 Å². The lowest BCUT2D eigenvalue weighted by atomic mass is 10.1. The number of carbonyl (C=O) groups excluding carboxylic acids is 1. The summed E-state index contributed by atoms with van der Waals surface area (Å²) < 4.78 is 36.5. The van der Waals surface area contributed by atoms with Gasteiger partial charge < -0.3 is 14.8 Å². The summed E-state index contributed by atoms with van der Waals surface area (Å²) in [4.78, 5) is 12.6. The Morgan fingerprint density at radius 2 is 1.85 bits per heavy atom. The quantitative estimate of drug-likeness (QED) is 0.815. The molecule has 144 valence electrons. The van der Waals surface area contributed by atoms with Gasteiger partial charge in [-0.2, -0.15) is 0 Å². The number of ether oxygens (including phenoxy) is 2. The Kier molecular flexibility index (Phi) is 5.38. The zero-order chi connectivity index (χ0) is 19.6. The van der Waals surface area contributed by atoms with E-state index in [1.165, 1.54) is 20.2 Å². The lowest BCUT2D eigenvalue weighted by Gasteiger charge is -2.14. The standard InChI is InChI=1S/C19H22N2O5S/c1-13-4-6-15(11-18(13)27(23,24)21(2)3)19(22)20-9-8-14-5-7-16-17(10-14)26-12-25-16/h4-7,10-11H,8-9,12H2,1-3H3,(H,20,22). The second-order valence-corrected chi connectivity index (χ2v) is 8.58. The van der Waals surface area contributed by atoms with E-state index in [0.717, 1.165) is 15.6 Å². The molecule has 0 saturated carbocycles. The number of carbonyl (C=O) groups is 1. The fourth-order valence-electron chi connectivity index (χ4n) is 2.73. The number of nitrogens with one attached hydrogen (secondary N) is 1. The molecule has 0 aromatic heterocycles. The second kappa shape index (κ2) is 7.58. The zero-order valence-electron chi connectivity index (χ0n) is 15.5. The summed E-state index contributed by atoms with van der Waals surface area (Å²) in [6.45, 7) is 2.35. The molecule has 1 heterocycles. The van der Waals surface area contributed by atoms with Crippen LogP contribution in [0.3, 0.4) is 0 Å². The third-order valence-corrected chi connectivity index (χ3v) is 6.30. The topological polar surface area (TPSA) is 84.9 Å². The van der Waals surface area contributed by atoms with E-state index in [4.69, 9.17) is 9.47 Å². The molecule has 0 spiro atoms. The van der Waals surface area contributed by atoms with Gasteiger partial charge in [0.1, 0.15) is 0 Å². The number of nitrogens with zero attached hydrogens (tertiary/aromatic N) is 1. The number of hydrogen-bond donors (Lipinski definition) is 1. The van der Waals surface area contributed by atoms with Crippen LogP contribution < -0.4 is 14.8 Å². The van der Waals surface area contributed by atoms with Crippen molar-refractivity contribution in [3.63, 3.8) is 0 Å². The molecule has 8 heteroatoms. The predicted molar refractivity (Wildman–Crippen MR) is 101 cm³/mol. The Balaban J connectivity index is 1.66. The lowest BCUT2D eigenvalue weighted by molar-refractivity contribution is 0.0954. The van der Waals surface area contributed by atoms with Crippen LogP contribution in [0.4, 0.5) is 0 Å². The fourth-order valence-corrected chi connectivity index (χ4v) is 3.88.